The molecule has 122 valence electrons. The van der Waals surface area contributed by atoms with E-state index in [1.54, 1.807) is 16.8 Å². The lowest BCUT2D eigenvalue weighted by Gasteiger charge is -2.32. The van der Waals surface area contributed by atoms with E-state index in [2.05, 4.69) is 31.3 Å². The molecule has 4 nitrogen and oxygen atoms in total. The highest BCUT2D eigenvalue weighted by atomic mass is 79.9. The predicted octanol–water partition coefficient (Wildman–Crippen LogP) is 4.98. The fraction of sp³-hybridized carbons (Fsp3) is 0.176. The summed E-state index contributed by atoms with van der Waals surface area (Å²) in [7, 11) is 0. The van der Waals surface area contributed by atoms with Gasteiger partial charge in [0.2, 0.25) is 5.95 Å². The molecule has 0 bridgehead atoms. The largest absolute Gasteiger partial charge is 0.348 e. The summed E-state index contributed by atoms with van der Waals surface area (Å²) in [6.45, 7) is 0. The van der Waals surface area contributed by atoms with Crippen molar-refractivity contribution in [1.82, 2.24) is 14.8 Å². The molecular weight excluding hydrogens is 395 g/mol. The number of anilines is 1. The van der Waals surface area contributed by atoms with Gasteiger partial charge in [-0.1, -0.05) is 39.7 Å². The van der Waals surface area contributed by atoms with E-state index < -0.39 is 0 Å². The third-order valence-corrected chi connectivity index (χ3v) is 4.97. The quantitative estimate of drug-likeness (QED) is 0.651. The summed E-state index contributed by atoms with van der Waals surface area (Å²) in [5.74, 6) is 0.381. The van der Waals surface area contributed by atoms with E-state index in [-0.39, 0.29) is 17.9 Å². The highest BCUT2D eigenvalue weighted by Crippen LogP contribution is 2.38. The molecule has 0 unspecified atom stereocenters. The Morgan fingerprint density at radius 3 is 2.79 bits per heavy atom. The van der Waals surface area contributed by atoms with Crippen LogP contribution in [0, 0.1) is 5.82 Å². The van der Waals surface area contributed by atoms with Crippen LogP contribution in [-0.4, -0.2) is 14.8 Å². The smallest absolute Gasteiger partial charge is 0.222 e. The van der Waals surface area contributed by atoms with Crippen LogP contribution < -0.4 is 5.32 Å². The molecule has 1 aromatic heterocycles. The summed E-state index contributed by atoms with van der Waals surface area (Å²) in [4.78, 5) is 4.26. The van der Waals surface area contributed by atoms with Gasteiger partial charge in [-0.2, -0.15) is 10.1 Å². The summed E-state index contributed by atoms with van der Waals surface area (Å²) < 4.78 is 17.0. The fourth-order valence-electron chi connectivity index (χ4n) is 3.06. The van der Waals surface area contributed by atoms with Gasteiger partial charge in [0.05, 0.1) is 12.1 Å². The van der Waals surface area contributed by atoms with Crippen LogP contribution >= 0.6 is 27.5 Å². The SMILES string of the molecule is Fc1ccc(Br)cc1[C@H]1C[C@@H](c2ccc(Cl)cc2)Nc2ncnn21. The van der Waals surface area contributed by atoms with Gasteiger partial charge in [0, 0.05) is 15.1 Å². The third-order valence-electron chi connectivity index (χ3n) is 4.22. The molecule has 24 heavy (non-hydrogen) atoms. The van der Waals surface area contributed by atoms with E-state index in [0.717, 1.165) is 10.0 Å². The minimum absolute atomic E-state index is 0.00217. The zero-order valence-electron chi connectivity index (χ0n) is 12.5. The second-order valence-electron chi connectivity index (χ2n) is 5.69. The van der Waals surface area contributed by atoms with Gasteiger partial charge in [-0.05, 0) is 42.3 Å². The molecule has 1 aliphatic rings. The van der Waals surface area contributed by atoms with Crippen molar-refractivity contribution in [3.63, 3.8) is 0 Å². The maximum absolute atomic E-state index is 14.4. The van der Waals surface area contributed by atoms with Crippen molar-refractivity contribution < 1.29 is 4.39 Å². The van der Waals surface area contributed by atoms with E-state index in [1.807, 2.05) is 24.3 Å². The lowest BCUT2D eigenvalue weighted by molar-refractivity contribution is 0.415. The van der Waals surface area contributed by atoms with Crippen LogP contribution in [0.3, 0.4) is 0 Å². The van der Waals surface area contributed by atoms with Gasteiger partial charge in [0.25, 0.3) is 0 Å². The Bertz CT molecular complexity index is 881. The van der Waals surface area contributed by atoms with Crippen molar-refractivity contribution in [2.45, 2.75) is 18.5 Å². The van der Waals surface area contributed by atoms with E-state index >= 15 is 0 Å². The van der Waals surface area contributed by atoms with Gasteiger partial charge < -0.3 is 5.32 Å². The zero-order chi connectivity index (χ0) is 16.7. The average molecular weight is 408 g/mol. The molecule has 2 aromatic carbocycles. The van der Waals surface area contributed by atoms with Gasteiger partial charge in [0.1, 0.15) is 12.1 Å². The molecule has 0 fully saturated rings. The molecule has 0 amide bonds. The first-order valence-electron chi connectivity index (χ1n) is 7.48. The summed E-state index contributed by atoms with van der Waals surface area (Å²) in [6, 6.07) is 12.4. The fourth-order valence-corrected chi connectivity index (χ4v) is 3.57. The van der Waals surface area contributed by atoms with Crippen molar-refractivity contribution in [3.05, 3.63) is 75.2 Å². The minimum atomic E-state index is -0.249. The van der Waals surface area contributed by atoms with E-state index in [4.69, 9.17) is 11.6 Å². The normalized spacial score (nSPS) is 19.6. The molecule has 3 aromatic rings. The topological polar surface area (TPSA) is 42.7 Å². The molecule has 1 aliphatic heterocycles. The van der Waals surface area contributed by atoms with Crippen LogP contribution in [0.2, 0.25) is 5.02 Å². The third kappa shape index (κ3) is 2.80. The molecule has 0 saturated heterocycles. The number of hydrogen-bond acceptors (Lipinski definition) is 3. The molecule has 0 saturated carbocycles. The standard InChI is InChI=1S/C17H13BrClFN4/c18-11-3-6-14(20)13(7-11)16-8-15(10-1-4-12(19)5-2-10)23-17-21-9-22-24(16)17/h1-7,9,15-16H,8H2,(H,21,22,23)/t15-,16+/m0/s1. The first kappa shape index (κ1) is 15.6. The van der Waals surface area contributed by atoms with Crippen molar-refractivity contribution in [1.29, 1.82) is 0 Å². The molecule has 2 heterocycles. The Hall–Kier alpha value is -1.92. The Morgan fingerprint density at radius 1 is 1.21 bits per heavy atom. The predicted molar refractivity (Wildman–Crippen MR) is 94.7 cm³/mol. The van der Waals surface area contributed by atoms with Crippen molar-refractivity contribution in [3.8, 4) is 0 Å². The van der Waals surface area contributed by atoms with E-state index in [0.29, 0.717) is 23.0 Å². The highest BCUT2D eigenvalue weighted by molar-refractivity contribution is 9.10. The van der Waals surface area contributed by atoms with Crippen molar-refractivity contribution in [2.24, 2.45) is 0 Å². The average Bonchev–Trinajstić information content (AvgIpc) is 3.05. The molecule has 2 atom stereocenters. The van der Waals surface area contributed by atoms with Gasteiger partial charge in [-0.15, -0.1) is 0 Å². The lowest BCUT2D eigenvalue weighted by atomic mass is 9.93. The summed E-state index contributed by atoms with van der Waals surface area (Å²) in [6.07, 6.45) is 2.14. The molecule has 7 heteroatoms. The van der Waals surface area contributed by atoms with Crippen LogP contribution in [0.1, 0.15) is 29.6 Å². The van der Waals surface area contributed by atoms with Crippen molar-refractivity contribution in [2.75, 3.05) is 5.32 Å². The Kier molecular flexibility index (Phi) is 4.02. The van der Waals surface area contributed by atoms with Crippen molar-refractivity contribution >= 4 is 33.5 Å². The number of halogens is 3. The van der Waals surface area contributed by atoms with Crippen LogP contribution in [0.25, 0.3) is 0 Å². The first-order valence-corrected chi connectivity index (χ1v) is 8.65. The van der Waals surface area contributed by atoms with Crippen LogP contribution in [0.4, 0.5) is 10.3 Å². The molecule has 1 N–H and O–H groups in total. The number of fused-ring (bicyclic) bond motifs is 1. The first-order chi connectivity index (χ1) is 11.6. The molecular formula is C17H13BrClFN4. The summed E-state index contributed by atoms with van der Waals surface area (Å²) in [5, 5.41) is 8.31. The maximum Gasteiger partial charge on any atom is 0.222 e. The molecule has 0 aliphatic carbocycles. The van der Waals surface area contributed by atoms with Gasteiger partial charge in [0.15, 0.2) is 0 Å². The molecule has 4 rings (SSSR count). The summed E-state index contributed by atoms with van der Waals surface area (Å²) in [5.41, 5.74) is 1.67. The monoisotopic (exact) mass is 406 g/mol. The molecule has 0 radical (unpaired) electrons. The van der Waals surface area contributed by atoms with Crippen LogP contribution in [0.5, 0.6) is 0 Å². The minimum Gasteiger partial charge on any atom is -0.348 e. The number of benzene rings is 2. The van der Waals surface area contributed by atoms with E-state index in [9.17, 15) is 4.39 Å². The number of rotatable bonds is 2. The van der Waals surface area contributed by atoms with Gasteiger partial charge >= 0.3 is 0 Å². The second kappa shape index (κ2) is 6.18. The Balaban J connectivity index is 1.76. The summed E-state index contributed by atoms with van der Waals surface area (Å²) >= 11 is 9.39. The number of nitrogens with one attached hydrogen (secondary N) is 1. The number of nitrogens with zero attached hydrogens (tertiary/aromatic N) is 3. The van der Waals surface area contributed by atoms with Crippen LogP contribution in [-0.2, 0) is 0 Å². The van der Waals surface area contributed by atoms with Gasteiger partial charge in [-0.25, -0.2) is 9.07 Å². The zero-order valence-corrected chi connectivity index (χ0v) is 14.8. The Morgan fingerprint density at radius 2 is 2.00 bits per heavy atom. The number of hydrogen-bond donors (Lipinski definition) is 1. The highest BCUT2D eigenvalue weighted by Gasteiger charge is 2.31. The number of aromatic nitrogens is 3. The maximum atomic E-state index is 14.4. The second-order valence-corrected chi connectivity index (χ2v) is 7.05. The van der Waals surface area contributed by atoms with Crippen LogP contribution in [0.15, 0.2) is 53.3 Å². The van der Waals surface area contributed by atoms with E-state index in [1.165, 1.54) is 12.4 Å². The lowest BCUT2D eigenvalue weighted by Crippen LogP contribution is -2.28. The molecule has 0 spiro atoms. The van der Waals surface area contributed by atoms with Gasteiger partial charge in [-0.3, -0.25) is 0 Å². The Labute approximate surface area is 151 Å².